The third-order valence-corrected chi connectivity index (χ3v) is 1.01. The molecule has 4 nitrogen and oxygen atoms in total. The Kier molecular flexibility index (Phi) is 4.29. The van der Waals surface area contributed by atoms with Gasteiger partial charge in [-0.15, -0.1) is 12.4 Å². The van der Waals surface area contributed by atoms with Crippen molar-refractivity contribution in [1.82, 2.24) is 10.5 Å². The van der Waals surface area contributed by atoms with Crippen LogP contribution in [0.25, 0.3) is 0 Å². The standard InChI is InChI=1S/C6H8N2O2.ClH/c1-2-7-6(9)5-3-4-10-8-5;/h3-4H,2H2,1H3,(H,7,9);1H. The van der Waals surface area contributed by atoms with Crippen molar-refractivity contribution in [3.63, 3.8) is 0 Å². The van der Waals surface area contributed by atoms with E-state index in [2.05, 4.69) is 15.0 Å². The number of aromatic nitrogens is 1. The fourth-order valence-electron chi connectivity index (χ4n) is 0.581. The van der Waals surface area contributed by atoms with E-state index < -0.39 is 0 Å². The molecule has 1 heterocycles. The summed E-state index contributed by atoms with van der Waals surface area (Å²) >= 11 is 0. The van der Waals surface area contributed by atoms with Gasteiger partial charge in [-0.25, -0.2) is 0 Å². The number of hydrogen-bond acceptors (Lipinski definition) is 3. The topological polar surface area (TPSA) is 55.1 Å². The van der Waals surface area contributed by atoms with E-state index in [0.717, 1.165) is 0 Å². The number of nitrogens with zero attached hydrogens (tertiary/aromatic N) is 1. The first kappa shape index (κ1) is 9.97. The zero-order chi connectivity index (χ0) is 7.40. The van der Waals surface area contributed by atoms with Gasteiger partial charge in [-0.2, -0.15) is 0 Å². The average Bonchev–Trinajstić information content (AvgIpc) is 2.38. The summed E-state index contributed by atoms with van der Waals surface area (Å²) in [4.78, 5) is 10.9. The van der Waals surface area contributed by atoms with Crippen LogP contribution in [0.2, 0.25) is 0 Å². The zero-order valence-electron chi connectivity index (χ0n) is 6.03. The minimum atomic E-state index is -0.198. The van der Waals surface area contributed by atoms with Crippen LogP contribution in [-0.4, -0.2) is 17.6 Å². The first-order valence-electron chi connectivity index (χ1n) is 3.03. The van der Waals surface area contributed by atoms with Crippen LogP contribution in [0.1, 0.15) is 17.4 Å². The molecule has 0 aromatic carbocycles. The maximum Gasteiger partial charge on any atom is 0.273 e. The van der Waals surface area contributed by atoms with Crippen LogP contribution in [-0.2, 0) is 0 Å². The molecule has 0 bridgehead atoms. The van der Waals surface area contributed by atoms with Crippen LogP contribution in [0, 0.1) is 0 Å². The Balaban J connectivity index is 0.000001000. The predicted molar refractivity (Wildman–Crippen MR) is 41.8 cm³/mol. The Morgan fingerprint density at radius 3 is 3.00 bits per heavy atom. The van der Waals surface area contributed by atoms with E-state index in [1.807, 2.05) is 6.92 Å². The second kappa shape index (κ2) is 4.73. The van der Waals surface area contributed by atoms with Gasteiger partial charge in [0.25, 0.3) is 5.91 Å². The Morgan fingerprint density at radius 1 is 1.82 bits per heavy atom. The number of halogens is 1. The SMILES string of the molecule is CCNC(=O)c1ccon1.Cl. The van der Waals surface area contributed by atoms with Gasteiger partial charge in [0.2, 0.25) is 0 Å². The van der Waals surface area contributed by atoms with Gasteiger partial charge in [0.15, 0.2) is 5.69 Å². The molecule has 1 rings (SSSR count). The Labute approximate surface area is 70.4 Å². The lowest BCUT2D eigenvalue weighted by molar-refractivity contribution is 0.0947. The van der Waals surface area contributed by atoms with Crippen LogP contribution in [0.15, 0.2) is 16.9 Å². The fourth-order valence-corrected chi connectivity index (χ4v) is 0.581. The highest BCUT2D eigenvalue weighted by Crippen LogP contribution is 1.92. The molecular formula is C6H9ClN2O2. The molecule has 0 saturated heterocycles. The summed E-state index contributed by atoms with van der Waals surface area (Å²) in [7, 11) is 0. The molecule has 0 saturated carbocycles. The molecule has 1 aromatic rings. The summed E-state index contributed by atoms with van der Waals surface area (Å²) in [6.07, 6.45) is 1.37. The summed E-state index contributed by atoms with van der Waals surface area (Å²) in [5.41, 5.74) is 0.321. The maximum absolute atomic E-state index is 10.9. The highest BCUT2D eigenvalue weighted by atomic mass is 35.5. The summed E-state index contributed by atoms with van der Waals surface area (Å²) in [5.74, 6) is -0.198. The molecule has 1 N–H and O–H groups in total. The number of carbonyl (C=O) groups is 1. The first-order valence-corrected chi connectivity index (χ1v) is 3.03. The van der Waals surface area contributed by atoms with Gasteiger partial charge < -0.3 is 9.84 Å². The van der Waals surface area contributed by atoms with Crippen molar-refractivity contribution in [3.8, 4) is 0 Å². The Hall–Kier alpha value is -1.03. The third kappa shape index (κ3) is 2.59. The molecule has 0 radical (unpaired) electrons. The van der Waals surface area contributed by atoms with Gasteiger partial charge in [0.05, 0.1) is 0 Å². The van der Waals surface area contributed by atoms with Crippen LogP contribution in [0.3, 0.4) is 0 Å². The number of rotatable bonds is 2. The van der Waals surface area contributed by atoms with Crippen LogP contribution >= 0.6 is 12.4 Å². The number of nitrogens with one attached hydrogen (secondary N) is 1. The molecule has 0 aliphatic carbocycles. The summed E-state index contributed by atoms with van der Waals surface area (Å²) in [6.45, 7) is 2.45. The van der Waals surface area contributed by atoms with E-state index in [4.69, 9.17) is 0 Å². The minimum absolute atomic E-state index is 0. The molecule has 0 unspecified atom stereocenters. The Bertz CT molecular complexity index is 210. The van der Waals surface area contributed by atoms with E-state index in [1.54, 1.807) is 0 Å². The van der Waals surface area contributed by atoms with E-state index >= 15 is 0 Å². The maximum atomic E-state index is 10.9. The van der Waals surface area contributed by atoms with E-state index in [1.165, 1.54) is 12.3 Å². The zero-order valence-corrected chi connectivity index (χ0v) is 6.85. The lowest BCUT2D eigenvalue weighted by Crippen LogP contribution is -2.22. The van der Waals surface area contributed by atoms with Gasteiger partial charge in [-0.05, 0) is 6.92 Å². The van der Waals surface area contributed by atoms with E-state index in [9.17, 15) is 4.79 Å². The number of carbonyl (C=O) groups excluding carboxylic acids is 1. The number of hydrogen-bond donors (Lipinski definition) is 1. The molecule has 1 amide bonds. The van der Waals surface area contributed by atoms with Gasteiger partial charge in [0.1, 0.15) is 6.26 Å². The molecule has 1 aromatic heterocycles. The smallest absolute Gasteiger partial charge is 0.273 e. The third-order valence-electron chi connectivity index (χ3n) is 1.01. The highest BCUT2D eigenvalue weighted by Gasteiger charge is 2.05. The summed E-state index contributed by atoms with van der Waals surface area (Å²) < 4.78 is 4.47. The Morgan fingerprint density at radius 2 is 2.55 bits per heavy atom. The van der Waals surface area contributed by atoms with Crippen LogP contribution < -0.4 is 5.32 Å². The minimum Gasteiger partial charge on any atom is -0.364 e. The van der Waals surface area contributed by atoms with Crippen LogP contribution in [0.5, 0.6) is 0 Å². The van der Waals surface area contributed by atoms with Gasteiger partial charge in [-0.1, -0.05) is 5.16 Å². The van der Waals surface area contributed by atoms with E-state index in [0.29, 0.717) is 12.2 Å². The molecule has 0 atom stereocenters. The highest BCUT2D eigenvalue weighted by molar-refractivity contribution is 5.91. The molecule has 0 spiro atoms. The van der Waals surface area contributed by atoms with Crippen molar-refractivity contribution in [2.75, 3.05) is 6.54 Å². The van der Waals surface area contributed by atoms with Gasteiger partial charge >= 0.3 is 0 Å². The first-order chi connectivity index (χ1) is 4.84. The van der Waals surface area contributed by atoms with Crippen LogP contribution in [0.4, 0.5) is 0 Å². The average molecular weight is 177 g/mol. The molecular weight excluding hydrogens is 168 g/mol. The van der Waals surface area contributed by atoms with Crippen molar-refractivity contribution in [1.29, 1.82) is 0 Å². The summed E-state index contributed by atoms with van der Waals surface area (Å²) in [5, 5.41) is 6.03. The fraction of sp³-hybridized carbons (Fsp3) is 0.333. The quantitative estimate of drug-likeness (QED) is 0.727. The van der Waals surface area contributed by atoms with Gasteiger partial charge in [0, 0.05) is 12.6 Å². The van der Waals surface area contributed by atoms with Crippen molar-refractivity contribution >= 4 is 18.3 Å². The summed E-state index contributed by atoms with van der Waals surface area (Å²) in [6, 6.07) is 1.52. The largest absolute Gasteiger partial charge is 0.364 e. The van der Waals surface area contributed by atoms with Gasteiger partial charge in [-0.3, -0.25) is 4.79 Å². The molecule has 62 valence electrons. The lowest BCUT2D eigenvalue weighted by atomic mass is 10.4. The second-order valence-corrected chi connectivity index (χ2v) is 1.74. The molecule has 11 heavy (non-hydrogen) atoms. The molecule has 5 heteroatoms. The lowest BCUT2D eigenvalue weighted by Gasteiger charge is -1.93. The predicted octanol–water partition coefficient (Wildman–Crippen LogP) is 0.846. The van der Waals surface area contributed by atoms with Crippen molar-refractivity contribution in [2.24, 2.45) is 0 Å². The number of amides is 1. The van der Waals surface area contributed by atoms with Crippen molar-refractivity contribution in [3.05, 3.63) is 18.0 Å². The normalized spacial score (nSPS) is 8.45. The van der Waals surface area contributed by atoms with E-state index in [-0.39, 0.29) is 18.3 Å². The molecule has 0 aliphatic heterocycles. The molecule has 0 aliphatic rings. The van der Waals surface area contributed by atoms with Crippen molar-refractivity contribution < 1.29 is 9.32 Å². The molecule has 0 fully saturated rings. The second-order valence-electron chi connectivity index (χ2n) is 1.74. The monoisotopic (exact) mass is 176 g/mol. The van der Waals surface area contributed by atoms with Crippen molar-refractivity contribution in [2.45, 2.75) is 6.92 Å².